The second-order valence-corrected chi connectivity index (χ2v) is 4.14. The van der Waals surface area contributed by atoms with Gasteiger partial charge in [0.15, 0.2) is 0 Å². The summed E-state index contributed by atoms with van der Waals surface area (Å²) < 4.78 is 0. The molecule has 0 rings (SSSR count). The fourth-order valence-electron chi connectivity index (χ4n) is 1.53. The Hall–Kier alpha value is -0.500. The molecule has 84 valence electrons. The first kappa shape index (κ1) is 13.5. The highest BCUT2D eigenvalue weighted by Gasteiger charge is 2.09. The molecule has 0 spiro atoms. The minimum absolute atomic E-state index is 0.314. The van der Waals surface area contributed by atoms with E-state index in [1.807, 2.05) is 0 Å². The third-order valence-corrected chi connectivity index (χ3v) is 2.59. The molecular weight excluding hydrogens is 174 g/mol. The van der Waals surface area contributed by atoms with Crippen molar-refractivity contribution in [2.24, 2.45) is 5.92 Å². The normalized spacial score (nSPS) is 15.1. The largest absolute Gasteiger partial charge is 0.513 e. The lowest BCUT2D eigenvalue weighted by molar-refractivity contribution is 0.326. The van der Waals surface area contributed by atoms with Gasteiger partial charge in [-0.05, 0) is 32.2 Å². The predicted molar refractivity (Wildman–Crippen MR) is 62.5 cm³/mol. The minimum Gasteiger partial charge on any atom is -0.513 e. The van der Waals surface area contributed by atoms with E-state index >= 15 is 0 Å². The van der Waals surface area contributed by atoms with E-state index in [-0.39, 0.29) is 0 Å². The molecule has 2 heteroatoms. The van der Waals surface area contributed by atoms with Gasteiger partial charge in [-0.3, -0.25) is 0 Å². The Morgan fingerprint density at radius 1 is 1.43 bits per heavy atom. The van der Waals surface area contributed by atoms with Crippen molar-refractivity contribution in [3.8, 4) is 0 Å². The quantitative estimate of drug-likeness (QED) is 0.588. The molecule has 0 heterocycles. The van der Waals surface area contributed by atoms with E-state index in [0.29, 0.717) is 17.7 Å². The van der Waals surface area contributed by atoms with Gasteiger partial charge in [0.05, 0.1) is 5.76 Å². The molecule has 0 radical (unpaired) electrons. The lowest BCUT2D eigenvalue weighted by atomic mass is 9.98. The van der Waals surface area contributed by atoms with Gasteiger partial charge in [-0.15, -0.1) is 0 Å². The van der Waals surface area contributed by atoms with Crippen LogP contribution in [0.2, 0.25) is 0 Å². The van der Waals surface area contributed by atoms with Crippen molar-refractivity contribution < 1.29 is 5.11 Å². The Balaban J connectivity index is 3.77. The van der Waals surface area contributed by atoms with Gasteiger partial charge >= 0.3 is 0 Å². The van der Waals surface area contributed by atoms with Gasteiger partial charge in [0.1, 0.15) is 0 Å². The van der Waals surface area contributed by atoms with Crippen LogP contribution in [0.1, 0.15) is 46.5 Å². The summed E-state index contributed by atoms with van der Waals surface area (Å²) in [6, 6.07) is 0.571. The van der Waals surface area contributed by atoms with Crippen molar-refractivity contribution in [3.05, 3.63) is 12.3 Å². The Kier molecular flexibility index (Phi) is 7.58. The molecule has 0 aliphatic heterocycles. The third-order valence-electron chi connectivity index (χ3n) is 2.59. The molecule has 0 aliphatic rings. The maximum absolute atomic E-state index is 9.15. The lowest BCUT2D eigenvalue weighted by Crippen LogP contribution is -2.30. The van der Waals surface area contributed by atoms with Gasteiger partial charge in [0, 0.05) is 12.5 Å². The van der Waals surface area contributed by atoms with Crippen LogP contribution in [0.4, 0.5) is 0 Å². The molecule has 0 aromatic carbocycles. The zero-order valence-corrected chi connectivity index (χ0v) is 9.84. The topological polar surface area (TPSA) is 32.3 Å². The lowest BCUT2D eigenvalue weighted by Gasteiger charge is -2.19. The molecule has 14 heavy (non-hydrogen) atoms. The van der Waals surface area contributed by atoms with Crippen LogP contribution in [0.15, 0.2) is 12.3 Å². The second-order valence-electron chi connectivity index (χ2n) is 4.14. The Bertz CT molecular complexity index is 156. The van der Waals surface area contributed by atoms with E-state index < -0.39 is 0 Å². The van der Waals surface area contributed by atoms with Crippen LogP contribution < -0.4 is 5.32 Å². The molecule has 0 saturated carbocycles. The summed E-state index contributed by atoms with van der Waals surface area (Å²) in [7, 11) is 0. The summed E-state index contributed by atoms with van der Waals surface area (Å²) in [5.74, 6) is 0.848. The average molecular weight is 199 g/mol. The van der Waals surface area contributed by atoms with Crippen LogP contribution in [0.25, 0.3) is 0 Å². The molecule has 0 bridgehead atoms. The summed E-state index contributed by atoms with van der Waals surface area (Å²) in [4.78, 5) is 0. The van der Waals surface area contributed by atoms with Gasteiger partial charge in [-0.1, -0.05) is 26.8 Å². The van der Waals surface area contributed by atoms with Crippen LogP contribution in [0.5, 0.6) is 0 Å². The van der Waals surface area contributed by atoms with E-state index in [2.05, 4.69) is 32.7 Å². The van der Waals surface area contributed by atoms with Crippen LogP contribution in [0, 0.1) is 5.92 Å². The number of hydrogen-bond donors (Lipinski definition) is 2. The molecule has 0 fully saturated rings. The Labute approximate surface area is 88.4 Å². The highest BCUT2D eigenvalue weighted by molar-refractivity contribution is 4.83. The first-order valence-corrected chi connectivity index (χ1v) is 5.70. The van der Waals surface area contributed by atoms with Gasteiger partial charge < -0.3 is 10.4 Å². The molecule has 0 aromatic rings. The van der Waals surface area contributed by atoms with Crippen molar-refractivity contribution >= 4 is 0 Å². The highest BCUT2D eigenvalue weighted by Crippen LogP contribution is 2.14. The molecule has 0 aliphatic carbocycles. The van der Waals surface area contributed by atoms with E-state index in [1.54, 1.807) is 0 Å². The van der Waals surface area contributed by atoms with E-state index in [1.165, 1.54) is 6.42 Å². The molecule has 2 N–H and O–H groups in total. The van der Waals surface area contributed by atoms with Crippen LogP contribution in [0.3, 0.4) is 0 Å². The first-order chi connectivity index (χ1) is 6.60. The zero-order chi connectivity index (χ0) is 11.0. The fraction of sp³-hybridized carbons (Fsp3) is 0.833. The zero-order valence-electron chi connectivity index (χ0n) is 9.84. The third kappa shape index (κ3) is 6.96. The molecule has 0 aromatic heterocycles. The molecule has 2 unspecified atom stereocenters. The highest BCUT2D eigenvalue weighted by atomic mass is 16.3. The fourth-order valence-corrected chi connectivity index (χ4v) is 1.53. The number of aliphatic hydroxyl groups is 1. The van der Waals surface area contributed by atoms with Crippen molar-refractivity contribution in [3.63, 3.8) is 0 Å². The summed E-state index contributed by atoms with van der Waals surface area (Å²) in [6.45, 7) is 11.1. The Morgan fingerprint density at radius 3 is 2.50 bits per heavy atom. The van der Waals surface area contributed by atoms with Gasteiger partial charge in [-0.25, -0.2) is 0 Å². The second kappa shape index (κ2) is 7.86. The van der Waals surface area contributed by atoms with E-state index in [9.17, 15) is 0 Å². The summed E-state index contributed by atoms with van der Waals surface area (Å²) in [6.07, 6.45) is 4.21. The van der Waals surface area contributed by atoms with E-state index in [0.717, 1.165) is 25.8 Å². The monoisotopic (exact) mass is 199 g/mol. The number of nitrogens with one attached hydrogen (secondary N) is 1. The number of aliphatic hydroxyl groups excluding tert-OH is 1. The number of allylic oxidation sites excluding steroid dienone is 1. The predicted octanol–water partition coefficient (Wildman–Crippen LogP) is 3.25. The summed E-state index contributed by atoms with van der Waals surface area (Å²) >= 11 is 0. The van der Waals surface area contributed by atoms with Crippen molar-refractivity contribution in [1.82, 2.24) is 5.32 Å². The molecule has 2 atom stereocenters. The van der Waals surface area contributed by atoms with Crippen molar-refractivity contribution in [2.45, 2.75) is 52.5 Å². The smallest absolute Gasteiger partial charge is 0.0854 e. The molecule has 2 nitrogen and oxygen atoms in total. The van der Waals surface area contributed by atoms with Crippen molar-refractivity contribution in [2.75, 3.05) is 6.54 Å². The van der Waals surface area contributed by atoms with Gasteiger partial charge in [0.25, 0.3) is 0 Å². The van der Waals surface area contributed by atoms with E-state index in [4.69, 9.17) is 5.11 Å². The first-order valence-electron chi connectivity index (χ1n) is 5.70. The van der Waals surface area contributed by atoms with Gasteiger partial charge in [0.2, 0.25) is 0 Å². The number of hydrogen-bond acceptors (Lipinski definition) is 2. The van der Waals surface area contributed by atoms with Crippen LogP contribution in [-0.4, -0.2) is 17.7 Å². The Morgan fingerprint density at radius 2 is 2.07 bits per heavy atom. The standard InChI is InChI=1S/C12H25NO/c1-5-7-12(8-11(4)14)9-13-10(3)6-2/h10,12-14H,4-9H2,1-3H3. The summed E-state index contributed by atoms with van der Waals surface area (Å²) in [5.41, 5.74) is 0. The maximum Gasteiger partial charge on any atom is 0.0854 e. The SMILES string of the molecule is C=C(O)CC(CCC)CNC(C)CC. The summed E-state index contributed by atoms with van der Waals surface area (Å²) in [5, 5.41) is 12.6. The minimum atomic E-state index is 0.314. The van der Waals surface area contributed by atoms with Crippen LogP contribution >= 0.6 is 0 Å². The van der Waals surface area contributed by atoms with Gasteiger partial charge in [-0.2, -0.15) is 0 Å². The maximum atomic E-state index is 9.15. The van der Waals surface area contributed by atoms with Crippen LogP contribution in [-0.2, 0) is 0 Å². The number of rotatable bonds is 8. The van der Waals surface area contributed by atoms with Crippen molar-refractivity contribution in [1.29, 1.82) is 0 Å². The molecule has 0 amide bonds. The average Bonchev–Trinajstić information content (AvgIpc) is 2.13. The molecular formula is C12H25NO. The molecule has 0 saturated heterocycles.